The standard InChI is InChI=1S/C7H12ClNO3S/c8-13(11,12)6-1-3-7(10)9-4-2-5-9/h1-6H2. The summed E-state index contributed by atoms with van der Waals surface area (Å²) in [6.45, 7) is 1.62. The van der Waals surface area contributed by atoms with E-state index >= 15 is 0 Å². The summed E-state index contributed by atoms with van der Waals surface area (Å²) in [5.74, 6) is -0.0831. The van der Waals surface area contributed by atoms with Gasteiger partial charge in [0.05, 0.1) is 5.75 Å². The van der Waals surface area contributed by atoms with E-state index in [0.717, 1.165) is 19.5 Å². The van der Waals surface area contributed by atoms with E-state index in [0.29, 0.717) is 6.42 Å². The molecule has 0 bridgehead atoms. The van der Waals surface area contributed by atoms with Crippen molar-refractivity contribution in [3.8, 4) is 0 Å². The lowest BCUT2D eigenvalue weighted by Crippen LogP contribution is -2.41. The highest BCUT2D eigenvalue weighted by atomic mass is 35.7. The zero-order valence-corrected chi connectivity index (χ0v) is 8.77. The number of carbonyl (C=O) groups is 1. The number of hydrogen-bond acceptors (Lipinski definition) is 3. The summed E-state index contributed by atoms with van der Waals surface area (Å²) in [6.07, 6.45) is 1.66. The van der Waals surface area contributed by atoms with Crippen molar-refractivity contribution in [2.75, 3.05) is 18.8 Å². The van der Waals surface area contributed by atoms with Crippen LogP contribution in [-0.2, 0) is 13.8 Å². The lowest BCUT2D eigenvalue weighted by Gasteiger charge is -2.30. The lowest BCUT2D eigenvalue weighted by molar-refractivity contribution is -0.134. The summed E-state index contributed by atoms with van der Waals surface area (Å²) in [5, 5.41) is 0. The Morgan fingerprint density at radius 3 is 2.38 bits per heavy atom. The lowest BCUT2D eigenvalue weighted by atomic mass is 10.2. The Morgan fingerprint density at radius 2 is 2.00 bits per heavy atom. The molecule has 0 spiro atoms. The smallest absolute Gasteiger partial charge is 0.232 e. The van der Waals surface area contributed by atoms with Crippen LogP contribution in [0.3, 0.4) is 0 Å². The highest BCUT2D eigenvalue weighted by Crippen LogP contribution is 2.10. The number of halogens is 1. The van der Waals surface area contributed by atoms with Crippen molar-refractivity contribution in [3.05, 3.63) is 0 Å². The van der Waals surface area contributed by atoms with Gasteiger partial charge in [-0.1, -0.05) is 0 Å². The van der Waals surface area contributed by atoms with E-state index in [9.17, 15) is 13.2 Å². The SMILES string of the molecule is O=C(CCCS(=O)(=O)Cl)N1CCC1. The molecule has 0 aliphatic carbocycles. The van der Waals surface area contributed by atoms with E-state index in [1.807, 2.05) is 0 Å². The summed E-state index contributed by atoms with van der Waals surface area (Å²) in [5.41, 5.74) is 0. The fourth-order valence-corrected chi connectivity index (χ4v) is 1.94. The minimum atomic E-state index is -3.43. The van der Waals surface area contributed by atoms with Crippen molar-refractivity contribution >= 4 is 25.6 Å². The second-order valence-corrected chi connectivity index (χ2v) is 5.98. The Morgan fingerprint density at radius 1 is 1.38 bits per heavy atom. The van der Waals surface area contributed by atoms with Crippen molar-refractivity contribution in [1.82, 2.24) is 4.90 Å². The molecule has 1 aliphatic rings. The molecule has 1 aliphatic heterocycles. The highest BCUT2D eigenvalue weighted by molar-refractivity contribution is 8.13. The Bertz CT molecular complexity index is 284. The van der Waals surface area contributed by atoms with Crippen LogP contribution in [0.4, 0.5) is 0 Å². The van der Waals surface area contributed by atoms with Crippen molar-refractivity contribution < 1.29 is 13.2 Å². The maximum Gasteiger partial charge on any atom is 0.232 e. The number of carbonyl (C=O) groups excluding carboxylic acids is 1. The van der Waals surface area contributed by atoms with Crippen molar-refractivity contribution in [2.24, 2.45) is 0 Å². The van der Waals surface area contributed by atoms with Gasteiger partial charge in [0, 0.05) is 30.2 Å². The van der Waals surface area contributed by atoms with Crippen LogP contribution in [0.2, 0.25) is 0 Å². The first-order chi connectivity index (χ1) is 5.99. The van der Waals surface area contributed by atoms with Crippen molar-refractivity contribution in [1.29, 1.82) is 0 Å². The molecule has 76 valence electrons. The molecule has 4 nitrogen and oxygen atoms in total. The van der Waals surface area contributed by atoms with Gasteiger partial charge in [0.1, 0.15) is 0 Å². The van der Waals surface area contributed by atoms with Gasteiger partial charge in [-0.25, -0.2) is 8.42 Å². The second kappa shape index (κ2) is 4.28. The molecule has 1 rings (SSSR count). The monoisotopic (exact) mass is 225 g/mol. The van der Waals surface area contributed by atoms with Gasteiger partial charge >= 0.3 is 0 Å². The summed E-state index contributed by atoms with van der Waals surface area (Å²) in [6, 6.07) is 0. The third-order valence-electron chi connectivity index (χ3n) is 1.99. The minimum Gasteiger partial charge on any atom is -0.343 e. The molecule has 0 aromatic rings. The van der Waals surface area contributed by atoms with Crippen LogP contribution in [0.1, 0.15) is 19.3 Å². The quantitative estimate of drug-likeness (QED) is 0.658. The third kappa shape index (κ3) is 3.95. The normalized spacial score (nSPS) is 16.8. The van der Waals surface area contributed by atoms with Crippen LogP contribution in [0, 0.1) is 0 Å². The number of amides is 1. The molecule has 1 amide bonds. The van der Waals surface area contributed by atoms with Gasteiger partial charge in [-0.3, -0.25) is 4.79 Å². The van der Waals surface area contributed by atoms with Gasteiger partial charge in [-0.05, 0) is 12.8 Å². The molecular weight excluding hydrogens is 214 g/mol. The predicted octanol–water partition coefficient (Wildman–Crippen LogP) is 0.568. The molecular formula is C7H12ClNO3S. The van der Waals surface area contributed by atoms with E-state index < -0.39 is 9.05 Å². The van der Waals surface area contributed by atoms with Gasteiger partial charge < -0.3 is 4.90 Å². The second-order valence-electron chi connectivity index (χ2n) is 3.08. The van der Waals surface area contributed by atoms with Crippen molar-refractivity contribution in [2.45, 2.75) is 19.3 Å². The van der Waals surface area contributed by atoms with Crippen LogP contribution in [0.25, 0.3) is 0 Å². The zero-order valence-electron chi connectivity index (χ0n) is 7.20. The van der Waals surface area contributed by atoms with Gasteiger partial charge in [-0.15, -0.1) is 0 Å². The predicted molar refractivity (Wildman–Crippen MR) is 50.1 cm³/mol. The summed E-state index contributed by atoms with van der Waals surface area (Å²) in [7, 11) is 1.56. The minimum absolute atomic E-state index is 0.0339. The topological polar surface area (TPSA) is 54.5 Å². The maximum atomic E-state index is 11.2. The molecule has 1 fully saturated rings. The number of likely N-dealkylation sites (tertiary alicyclic amines) is 1. The molecule has 0 atom stereocenters. The Kier molecular flexibility index (Phi) is 3.55. The summed E-state index contributed by atoms with van der Waals surface area (Å²) < 4.78 is 21.0. The summed E-state index contributed by atoms with van der Waals surface area (Å²) >= 11 is 0. The number of hydrogen-bond donors (Lipinski definition) is 0. The van der Waals surface area contributed by atoms with Gasteiger partial charge in [-0.2, -0.15) is 0 Å². The van der Waals surface area contributed by atoms with E-state index in [4.69, 9.17) is 10.7 Å². The summed E-state index contributed by atoms with van der Waals surface area (Å²) in [4.78, 5) is 12.9. The molecule has 0 aromatic carbocycles. The molecule has 0 aromatic heterocycles. The van der Waals surface area contributed by atoms with Crippen LogP contribution < -0.4 is 0 Å². The molecule has 0 saturated carbocycles. The van der Waals surface area contributed by atoms with Crippen LogP contribution in [0.15, 0.2) is 0 Å². The third-order valence-corrected chi connectivity index (χ3v) is 3.23. The van der Waals surface area contributed by atoms with Crippen LogP contribution in [-0.4, -0.2) is 38.1 Å². The fraction of sp³-hybridized carbons (Fsp3) is 0.857. The molecule has 1 saturated heterocycles. The van der Waals surface area contributed by atoms with Crippen LogP contribution in [0.5, 0.6) is 0 Å². The average Bonchev–Trinajstić information content (AvgIpc) is 1.79. The van der Waals surface area contributed by atoms with Gasteiger partial charge in [0.15, 0.2) is 0 Å². The Hall–Kier alpha value is -0.290. The first-order valence-electron chi connectivity index (χ1n) is 4.19. The van der Waals surface area contributed by atoms with E-state index in [2.05, 4.69) is 0 Å². The number of nitrogens with zero attached hydrogens (tertiary/aromatic N) is 1. The zero-order chi connectivity index (χ0) is 9.90. The molecule has 6 heteroatoms. The molecule has 13 heavy (non-hydrogen) atoms. The molecule has 0 unspecified atom stereocenters. The van der Waals surface area contributed by atoms with Crippen LogP contribution >= 0.6 is 10.7 Å². The Labute approximate surface area is 82.3 Å². The number of rotatable bonds is 4. The molecule has 1 heterocycles. The van der Waals surface area contributed by atoms with Gasteiger partial charge in [0.2, 0.25) is 15.0 Å². The fourth-order valence-electron chi connectivity index (χ4n) is 1.12. The maximum absolute atomic E-state index is 11.2. The average molecular weight is 226 g/mol. The van der Waals surface area contributed by atoms with Crippen molar-refractivity contribution in [3.63, 3.8) is 0 Å². The van der Waals surface area contributed by atoms with E-state index in [1.165, 1.54) is 0 Å². The largest absolute Gasteiger partial charge is 0.343 e. The highest BCUT2D eigenvalue weighted by Gasteiger charge is 2.19. The Balaban J connectivity index is 2.15. The molecule has 0 N–H and O–H groups in total. The first kappa shape index (κ1) is 10.8. The molecule has 0 radical (unpaired) electrons. The van der Waals surface area contributed by atoms with E-state index in [-0.39, 0.29) is 18.1 Å². The van der Waals surface area contributed by atoms with E-state index in [1.54, 1.807) is 4.90 Å². The first-order valence-corrected chi connectivity index (χ1v) is 6.67. The van der Waals surface area contributed by atoms with Gasteiger partial charge in [0.25, 0.3) is 0 Å².